The van der Waals surface area contributed by atoms with Gasteiger partial charge < -0.3 is 14.2 Å². The zero-order valence-electron chi connectivity index (χ0n) is 18.6. The standard InChI is InChI=1S/C26H25F3O4/c1-25(2,3)21-8-4-18(5-9-21)17-32-24-13-12-23(14-20(24)15-30)31-16-19-6-10-22(11-7-19)33-26(27,28)29/h4-15H,16-17H2,1-3H3. The van der Waals surface area contributed by atoms with Crippen LogP contribution in [-0.2, 0) is 18.6 Å². The number of hydrogen-bond acceptors (Lipinski definition) is 4. The second kappa shape index (κ2) is 9.98. The van der Waals surface area contributed by atoms with E-state index in [4.69, 9.17) is 9.47 Å². The molecule has 0 spiro atoms. The first-order valence-electron chi connectivity index (χ1n) is 10.3. The van der Waals surface area contributed by atoms with Crippen LogP contribution in [-0.4, -0.2) is 12.6 Å². The van der Waals surface area contributed by atoms with E-state index in [1.54, 1.807) is 18.2 Å². The molecule has 0 amide bonds. The summed E-state index contributed by atoms with van der Waals surface area (Å²) in [6.07, 6.45) is -4.04. The quantitative estimate of drug-likeness (QED) is 0.346. The molecular formula is C26H25F3O4. The third-order valence-corrected chi connectivity index (χ3v) is 4.88. The van der Waals surface area contributed by atoms with Crippen LogP contribution in [0.2, 0.25) is 0 Å². The molecule has 0 aromatic heterocycles. The summed E-state index contributed by atoms with van der Waals surface area (Å²) in [5.41, 5.74) is 3.27. The highest BCUT2D eigenvalue weighted by atomic mass is 19.4. The molecule has 33 heavy (non-hydrogen) atoms. The average Bonchev–Trinajstić information content (AvgIpc) is 2.76. The molecule has 0 N–H and O–H groups in total. The van der Waals surface area contributed by atoms with Gasteiger partial charge in [0.1, 0.15) is 30.5 Å². The van der Waals surface area contributed by atoms with Crippen molar-refractivity contribution in [3.63, 3.8) is 0 Å². The molecule has 0 fully saturated rings. The van der Waals surface area contributed by atoms with Crippen molar-refractivity contribution in [1.29, 1.82) is 0 Å². The minimum absolute atomic E-state index is 0.0682. The maximum atomic E-state index is 12.2. The summed E-state index contributed by atoms with van der Waals surface area (Å²) in [6.45, 7) is 6.88. The summed E-state index contributed by atoms with van der Waals surface area (Å²) in [5, 5.41) is 0. The van der Waals surface area contributed by atoms with Gasteiger partial charge in [-0.05, 0) is 52.4 Å². The summed E-state index contributed by atoms with van der Waals surface area (Å²) >= 11 is 0. The van der Waals surface area contributed by atoms with Gasteiger partial charge in [0.2, 0.25) is 0 Å². The van der Waals surface area contributed by atoms with E-state index in [1.165, 1.54) is 29.8 Å². The van der Waals surface area contributed by atoms with Gasteiger partial charge >= 0.3 is 6.36 Å². The number of ether oxygens (including phenoxy) is 3. The molecule has 174 valence electrons. The van der Waals surface area contributed by atoms with Crippen LogP contribution in [0.1, 0.15) is 47.8 Å². The molecule has 3 rings (SSSR count). The predicted molar refractivity (Wildman–Crippen MR) is 119 cm³/mol. The normalized spacial score (nSPS) is 11.7. The van der Waals surface area contributed by atoms with Crippen LogP contribution < -0.4 is 14.2 Å². The van der Waals surface area contributed by atoms with Crippen molar-refractivity contribution in [1.82, 2.24) is 0 Å². The predicted octanol–water partition coefficient (Wildman–Crippen LogP) is 6.85. The fraction of sp³-hybridized carbons (Fsp3) is 0.269. The maximum absolute atomic E-state index is 12.2. The highest BCUT2D eigenvalue weighted by Gasteiger charge is 2.30. The van der Waals surface area contributed by atoms with E-state index in [0.717, 1.165) is 5.56 Å². The van der Waals surface area contributed by atoms with E-state index in [1.807, 2.05) is 12.1 Å². The molecule has 0 saturated heterocycles. The molecular weight excluding hydrogens is 433 g/mol. The number of benzene rings is 3. The minimum atomic E-state index is -4.73. The number of carbonyl (C=O) groups excluding carboxylic acids is 1. The average molecular weight is 458 g/mol. The van der Waals surface area contributed by atoms with Crippen molar-refractivity contribution >= 4 is 6.29 Å². The minimum Gasteiger partial charge on any atom is -0.489 e. The summed E-state index contributed by atoms with van der Waals surface area (Å²) in [4.78, 5) is 11.5. The molecule has 0 atom stereocenters. The lowest BCUT2D eigenvalue weighted by molar-refractivity contribution is -0.274. The largest absolute Gasteiger partial charge is 0.573 e. The number of hydrogen-bond donors (Lipinski definition) is 0. The van der Waals surface area contributed by atoms with Crippen molar-refractivity contribution in [2.24, 2.45) is 0 Å². The number of halogens is 3. The number of aldehydes is 1. The van der Waals surface area contributed by atoms with Gasteiger partial charge in [0.05, 0.1) is 5.56 Å². The van der Waals surface area contributed by atoms with Gasteiger partial charge in [-0.2, -0.15) is 0 Å². The number of carbonyl (C=O) groups is 1. The van der Waals surface area contributed by atoms with Crippen molar-refractivity contribution < 1.29 is 32.2 Å². The van der Waals surface area contributed by atoms with Crippen LogP contribution in [0.4, 0.5) is 13.2 Å². The molecule has 4 nitrogen and oxygen atoms in total. The molecule has 0 aliphatic carbocycles. The highest BCUT2D eigenvalue weighted by molar-refractivity contribution is 5.80. The van der Waals surface area contributed by atoms with Crippen LogP contribution in [0.25, 0.3) is 0 Å². The SMILES string of the molecule is CC(C)(C)c1ccc(COc2ccc(OCc3ccc(OC(F)(F)F)cc3)cc2C=O)cc1. The van der Waals surface area contributed by atoms with Crippen molar-refractivity contribution in [2.45, 2.75) is 45.8 Å². The van der Waals surface area contributed by atoms with Crippen LogP contribution in [0, 0.1) is 0 Å². The van der Waals surface area contributed by atoms with Crippen molar-refractivity contribution in [3.8, 4) is 17.2 Å². The lowest BCUT2D eigenvalue weighted by Crippen LogP contribution is -2.17. The van der Waals surface area contributed by atoms with Crippen LogP contribution in [0.5, 0.6) is 17.2 Å². The van der Waals surface area contributed by atoms with E-state index in [-0.39, 0.29) is 17.8 Å². The topological polar surface area (TPSA) is 44.8 Å². The molecule has 3 aromatic rings. The Balaban J connectivity index is 1.58. The Labute approximate surface area is 190 Å². The van der Waals surface area contributed by atoms with Gasteiger partial charge in [0.15, 0.2) is 6.29 Å². The van der Waals surface area contributed by atoms with Gasteiger partial charge in [0, 0.05) is 0 Å². The van der Waals surface area contributed by atoms with Gasteiger partial charge in [-0.3, -0.25) is 4.79 Å². The molecule has 0 saturated carbocycles. The van der Waals surface area contributed by atoms with Crippen LogP contribution in [0.15, 0.2) is 66.7 Å². The van der Waals surface area contributed by atoms with E-state index in [9.17, 15) is 18.0 Å². The van der Waals surface area contributed by atoms with E-state index < -0.39 is 6.36 Å². The monoisotopic (exact) mass is 458 g/mol. The third kappa shape index (κ3) is 7.27. The lowest BCUT2D eigenvalue weighted by Gasteiger charge is -2.19. The Kier molecular flexibility index (Phi) is 7.31. The first-order chi connectivity index (χ1) is 15.5. The summed E-state index contributed by atoms with van der Waals surface area (Å²) in [7, 11) is 0. The van der Waals surface area contributed by atoms with Crippen molar-refractivity contribution in [3.05, 3.63) is 89.0 Å². The lowest BCUT2D eigenvalue weighted by atomic mass is 9.87. The summed E-state index contributed by atoms with van der Waals surface area (Å²) in [5.74, 6) is 0.574. The molecule has 0 bridgehead atoms. The van der Waals surface area contributed by atoms with E-state index >= 15 is 0 Å². The Morgan fingerprint density at radius 3 is 1.85 bits per heavy atom. The molecule has 0 heterocycles. The molecule has 0 aliphatic heterocycles. The van der Waals surface area contributed by atoms with Crippen molar-refractivity contribution in [2.75, 3.05) is 0 Å². The van der Waals surface area contributed by atoms with Gasteiger partial charge in [-0.15, -0.1) is 13.2 Å². The fourth-order valence-electron chi connectivity index (χ4n) is 3.06. The summed E-state index contributed by atoms with van der Waals surface area (Å²) in [6, 6.07) is 18.4. The van der Waals surface area contributed by atoms with E-state index in [0.29, 0.717) is 35.5 Å². The molecule has 3 aromatic carbocycles. The third-order valence-electron chi connectivity index (χ3n) is 4.88. The Morgan fingerprint density at radius 1 is 0.758 bits per heavy atom. The zero-order valence-corrected chi connectivity index (χ0v) is 18.6. The smallest absolute Gasteiger partial charge is 0.489 e. The molecule has 0 aliphatic rings. The fourth-order valence-corrected chi connectivity index (χ4v) is 3.06. The zero-order chi connectivity index (χ0) is 24.1. The second-order valence-electron chi connectivity index (χ2n) is 8.53. The van der Waals surface area contributed by atoms with Crippen LogP contribution >= 0.6 is 0 Å². The second-order valence-corrected chi connectivity index (χ2v) is 8.53. The Hall–Kier alpha value is -3.48. The summed E-state index contributed by atoms with van der Waals surface area (Å²) < 4.78 is 52.0. The Morgan fingerprint density at radius 2 is 1.30 bits per heavy atom. The first-order valence-corrected chi connectivity index (χ1v) is 10.3. The molecule has 7 heteroatoms. The molecule has 0 unspecified atom stereocenters. The highest BCUT2D eigenvalue weighted by Crippen LogP contribution is 2.27. The maximum Gasteiger partial charge on any atom is 0.573 e. The van der Waals surface area contributed by atoms with Crippen LogP contribution in [0.3, 0.4) is 0 Å². The van der Waals surface area contributed by atoms with Gasteiger partial charge in [0.25, 0.3) is 0 Å². The first kappa shape index (κ1) is 24.2. The number of rotatable bonds is 8. The number of alkyl halides is 3. The van der Waals surface area contributed by atoms with Gasteiger partial charge in [-0.25, -0.2) is 0 Å². The van der Waals surface area contributed by atoms with Gasteiger partial charge in [-0.1, -0.05) is 57.2 Å². The van der Waals surface area contributed by atoms with E-state index in [2.05, 4.69) is 37.6 Å². The molecule has 0 radical (unpaired) electrons. The Bertz CT molecular complexity index is 1070.